The number of amides is 1. The molecule has 1 aliphatic rings. The second-order valence-corrected chi connectivity index (χ2v) is 6.41. The normalized spacial score (nSPS) is 26.5. The number of aliphatic hydroxyl groups is 1. The van der Waals surface area contributed by atoms with Crippen LogP contribution in [0.4, 0.5) is 0 Å². The lowest BCUT2D eigenvalue weighted by atomic mass is 9.81. The third-order valence-electron chi connectivity index (χ3n) is 3.49. The summed E-state index contributed by atoms with van der Waals surface area (Å²) >= 11 is 1.52. The zero-order valence-corrected chi connectivity index (χ0v) is 12.3. The zero-order chi connectivity index (χ0) is 14.5. The SMILES string of the molecule is CSCC(C)(O)CNC(=O)C1CCCC(C(=O)O)C1. The van der Waals surface area contributed by atoms with Gasteiger partial charge in [0.15, 0.2) is 0 Å². The summed E-state index contributed by atoms with van der Waals surface area (Å²) in [4.78, 5) is 22.9. The second kappa shape index (κ2) is 7.14. The summed E-state index contributed by atoms with van der Waals surface area (Å²) in [5.41, 5.74) is -0.921. The van der Waals surface area contributed by atoms with Crippen LogP contribution in [0.2, 0.25) is 0 Å². The van der Waals surface area contributed by atoms with Crippen LogP contribution in [-0.4, -0.2) is 46.2 Å². The average molecular weight is 289 g/mol. The van der Waals surface area contributed by atoms with E-state index in [2.05, 4.69) is 5.32 Å². The van der Waals surface area contributed by atoms with E-state index in [-0.39, 0.29) is 18.4 Å². The van der Waals surface area contributed by atoms with Crippen molar-refractivity contribution in [2.75, 3.05) is 18.6 Å². The Bertz CT molecular complexity index is 333. The molecule has 1 aliphatic carbocycles. The summed E-state index contributed by atoms with van der Waals surface area (Å²) in [6.07, 6.45) is 4.47. The Kier molecular flexibility index (Phi) is 6.13. The van der Waals surface area contributed by atoms with Crippen LogP contribution in [0.25, 0.3) is 0 Å². The molecule has 1 amide bonds. The van der Waals surface area contributed by atoms with Crippen LogP contribution in [0.5, 0.6) is 0 Å². The first-order valence-corrected chi connectivity index (χ1v) is 7.97. The minimum atomic E-state index is -0.921. The number of rotatable bonds is 6. The van der Waals surface area contributed by atoms with E-state index in [1.807, 2.05) is 6.26 Å². The maximum absolute atomic E-state index is 12.0. The molecule has 1 fully saturated rings. The molecule has 0 radical (unpaired) electrons. The van der Waals surface area contributed by atoms with Crippen molar-refractivity contribution in [3.8, 4) is 0 Å². The number of carbonyl (C=O) groups excluding carboxylic acids is 1. The van der Waals surface area contributed by atoms with Crippen molar-refractivity contribution >= 4 is 23.6 Å². The molecule has 0 aliphatic heterocycles. The molecule has 5 nitrogen and oxygen atoms in total. The maximum Gasteiger partial charge on any atom is 0.306 e. The summed E-state index contributed by atoms with van der Waals surface area (Å²) in [6.45, 7) is 1.89. The third-order valence-corrected chi connectivity index (χ3v) is 4.40. The molecule has 0 aromatic rings. The van der Waals surface area contributed by atoms with Gasteiger partial charge in [0.05, 0.1) is 11.5 Å². The van der Waals surface area contributed by atoms with Gasteiger partial charge in [-0.25, -0.2) is 0 Å². The van der Waals surface area contributed by atoms with Crippen LogP contribution in [0, 0.1) is 11.8 Å². The van der Waals surface area contributed by atoms with Crippen LogP contribution in [0.3, 0.4) is 0 Å². The average Bonchev–Trinajstić information content (AvgIpc) is 2.36. The fourth-order valence-corrected chi connectivity index (χ4v) is 3.16. The number of carbonyl (C=O) groups is 2. The zero-order valence-electron chi connectivity index (χ0n) is 11.5. The van der Waals surface area contributed by atoms with Gasteiger partial charge in [-0.2, -0.15) is 11.8 Å². The number of carboxylic acids is 1. The van der Waals surface area contributed by atoms with Gasteiger partial charge in [-0.15, -0.1) is 0 Å². The Labute approximate surface area is 118 Å². The molecule has 0 spiro atoms. The monoisotopic (exact) mass is 289 g/mol. The molecule has 19 heavy (non-hydrogen) atoms. The molecular weight excluding hydrogens is 266 g/mol. The Balaban J connectivity index is 2.43. The molecule has 6 heteroatoms. The van der Waals surface area contributed by atoms with Crippen LogP contribution >= 0.6 is 11.8 Å². The summed E-state index contributed by atoms with van der Waals surface area (Å²) in [5, 5.41) is 21.7. The molecule has 1 saturated carbocycles. The predicted octanol–water partition coefficient (Wildman–Crippen LogP) is 1.11. The van der Waals surface area contributed by atoms with Gasteiger partial charge in [0.1, 0.15) is 0 Å². The fourth-order valence-electron chi connectivity index (χ4n) is 2.44. The molecule has 110 valence electrons. The van der Waals surface area contributed by atoms with E-state index in [4.69, 9.17) is 5.11 Å². The molecule has 0 aromatic carbocycles. The summed E-state index contributed by atoms with van der Waals surface area (Å²) in [5.74, 6) is -1.04. The van der Waals surface area contributed by atoms with Crippen LogP contribution in [-0.2, 0) is 9.59 Å². The molecular formula is C13H23NO4S. The van der Waals surface area contributed by atoms with Gasteiger partial charge >= 0.3 is 5.97 Å². The number of hydrogen-bond acceptors (Lipinski definition) is 4. The minimum absolute atomic E-state index is 0.132. The Morgan fingerprint density at radius 1 is 1.37 bits per heavy atom. The second-order valence-electron chi connectivity index (χ2n) is 5.55. The maximum atomic E-state index is 12.0. The van der Waals surface area contributed by atoms with Gasteiger partial charge in [0, 0.05) is 18.2 Å². The number of nitrogens with one attached hydrogen (secondary N) is 1. The Morgan fingerprint density at radius 2 is 2.00 bits per heavy atom. The molecule has 1 rings (SSSR count). The molecule has 0 saturated heterocycles. The quantitative estimate of drug-likeness (QED) is 0.682. The number of carboxylic acid groups (broad SMARTS) is 1. The van der Waals surface area contributed by atoms with Gasteiger partial charge in [0.25, 0.3) is 0 Å². The number of aliphatic carboxylic acids is 1. The third kappa shape index (κ3) is 5.40. The molecule has 3 unspecified atom stereocenters. The highest BCUT2D eigenvalue weighted by Gasteiger charge is 2.31. The van der Waals surface area contributed by atoms with Gasteiger partial charge in [0.2, 0.25) is 5.91 Å². The van der Waals surface area contributed by atoms with E-state index in [0.717, 1.165) is 12.8 Å². The first-order valence-electron chi connectivity index (χ1n) is 6.57. The highest BCUT2D eigenvalue weighted by atomic mass is 32.2. The first-order chi connectivity index (χ1) is 8.85. The Morgan fingerprint density at radius 3 is 2.58 bits per heavy atom. The van der Waals surface area contributed by atoms with E-state index >= 15 is 0 Å². The van der Waals surface area contributed by atoms with Crippen molar-refractivity contribution in [3.05, 3.63) is 0 Å². The summed E-state index contributed by atoms with van der Waals surface area (Å²) in [6, 6.07) is 0. The van der Waals surface area contributed by atoms with Crippen LogP contribution in [0.15, 0.2) is 0 Å². The molecule has 0 aromatic heterocycles. The van der Waals surface area contributed by atoms with Gasteiger partial charge < -0.3 is 15.5 Å². The molecule has 0 bridgehead atoms. The predicted molar refractivity (Wildman–Crippen MR) is 75.1 cm³/mol. The Hall–Kier alpha value is -0.750. The van der Waals surface area contributed by atoms with E-state index in [9.17, 15) is 14.7 Å². The van der Waals surface area contributed by atoms with E-state index in [1.165, 1.54) is 11.8 Å². The molecule has 0 heterocycles. The largest absolute Gasteiger partial charge is 0.481 e. The fraction of sp³-hybridized carbons (Fsp3) is 0.846. The van der Waals surface area contributed by atoms with Crippen LogP contribution < -0.4 is 5.32 Å². The number of hydrogen-bond donors (Lipinski definition) is 3. The standard InChI is InChI=1S/C13H23NO4S/c1-13(18,8-19-2)7-14-11(15)9-4-3-5-10(6-9)12(16)17/h9-10,18H,3-8H2,1-2H3,(H,14,15)(H,16,17). The van der Waals surface area contributed by atoms with E-state index < -0.39 is 17.5 Å². The minimum Gasteiger partial charge on any atom is -0.481 e. The van der Waals surface area contributed by atoms with Crippen molar-refractivity contribution < 1.29 is 19.8 Å². The molecule has 3 atom stereocenters. The van der Waals surface area contributed by atoms with Gasteiger partial charge in [-0.3, -0.25) is 9.59 Å². The van der Waals surface area contributed by atoms with Crippen molar-refractivity contribution in [1.82, 2.24) is 5.32 Å². The van der Waals surface area contributed by atoms with Gasteiger partial charge in [-0.05, 0) is 32.4 Å². The lowest BCUT2D eigenvalue weighted by Crippen LogP contribution is -2.45. The lowest BCUT2D eigenvalue weighted by Gasteiger charge is -2.28. The van der Waals surface area contributed by atoms with Gasteiger partial charge in [-0.1, -0.05) is 6.42 Å². The highest BCUT2D eigenvalue weighted by molar-refractivity contribution is 7.98. The van der Waals surface area contributed by atoms with Crippen molar-refractivity contribution in [2.45, 2.75) is 38.2 Å². The van der Waals surface area contributed by atoms with Crippen molar-refractivity contribution in [2.24, 2.45) is 11.8 Å². The van der Waals surface area contributed by atoms with Crippen LogP contribution in [0.1, 0.15) is 32.6 Å². The summed E-state index contributed by atoms with van der Waals surface area (Å²) in [7, 11) is 0. The smallest absolute Gasteiger partial charge is 0.306 e. The molecule has 3 N–H and O–H groups in total. The van der Waals surface area contributed by atoms with Crippen molar-refractivity contribution in [3.63, 3.8) is 0 Å². The topological polar surface area (TPSA) is 86.6 Å². The highest BCUT2D eigenvalue weighted by Crippen LogP contribution is 2.29. The lowest BCUT2D eigenvalue weighted by molar-refractivity contribution is -0.144. The van der Waals surface area contributed by atoms with E-state index in [0.29, 0.717) is 18.6 Å². The first kappa shape index (κ1) is 16.3. The van der Waals surface area contributed by atoms with Crippen molar-refractivity contribution in [1.29, 1.82) is 0 Å². The summed E-state index contributed by atoms with van der Waals surface area (Å²) < 4.78 is 0. The number of thioether (sulfide) groups is 1. The van der Waals surface area contributed by atoms with E-state index in [1.54, 1.807) is 6.92 Å².